The standard InChI is InChI=1S/C88H65N/c1-85(2)72-31-17-16-28-62(72)67-46-74-69(47-73(67)85)81-63-29-14-12-27-60(63)66(45-78(81)87(74,5)6)50-34-38-57(39-35-50)89(56-23-10-9-11-24-56)58-25-19-22-53(42-58)54-37-40-61-59-26-13-15-30-64(59)84-83(68(61)43-54)71-49-75-70(48-76(71)88(84,7)8)82-65-41-36-52-21-18-20-51-32-33-55(80(65)79(51)52)44-77(82)86(75,3)4/h9-49H,1-8H3. The lowest BCUT2D eigenvalue weighted by atomic mass is 9.78. The van der Waals surface area contributed by atoms with Crippen molar-refractivity contribution in [3.05, 3.63) is 293 Å². The zero-order chi connectivity index (χ0) is 59.8. The summed E-state index contributed by atoms with van der Waals surface area (Å²) < 4.78 is 0. The van der Waals surface area contributed by atoms with Crippen molar-refractivity contribution in [2.24, 2.45) is 0 Å². The lowest BCUT2D eigenvalue weighted by molar-refractivity contribution is 0.652. The highest BCUT2D eigenvalue weighted by Gasteiger charge is 2.46. The van der Waals surface area contributed by atoms with Gasteiger partial charge in [0, 0.05) is 38.7 Å². The zero-order valence-corrected chi connectivity index (χ0v) is 51.6. The fourth-order valence-electron chi connectivity index (χ4n) is 17.9. The minimum Gasteiger partial charge on any atom is -0.310 e. The number of hydrogen-bond acceptors (Lipinski definition) is 1. The van der Waals surface area contributed by atoms with Gasteiger partial charge in [0.2, 0.25) is 0 Å². The molecule has 422 valence electrons. The molecule has 0 fully saturated rings. The minimum atomic E-state index is -0.256. The number of anilines is 3. The second kappa shape index (κ2) is 17.4. The monoisotopic (exact) mass is 1140 g/mol. The SMILES string of the molecule is CC1(C)c2ccccc2-c2cc3c(cc21)-c1c(cc(-c2ccc(N(c4ccccc4)c4cccc(-c5ccc6c(c5)c5c(c7ccccc76)C(C)(C)c6cc7c(cc6-5)C(C)(C)c5cc6ccc8cccc9ccc(c5-7)c6c89)c4)cc2)c2ccccc12)C3(C)C. The second-order valence-electron chi connectivity index (χ2n) is 28.3. The molecular weight excluding hydrogens is 1070 g/mol. The highest BCUT2D eigenvalue weighted by Crippen LogP contribution is 2.62. The summed E-state index contributed by atoms with van der Waals surface area (Å²) in [6.45, 7) is 19.5. The van der Waals surface area contributed by atoms with Gasteiger partial charge in [0.25, 0.3) is 0 Å². The van der Waals surface area contributed by atoms with Crippen LogP contribution >= 0.6 is 0 Å². The predicted octanol–water partition coefficient (Wildman–Crippen LogP) is 24.1. The summed E-state index contributed by atoms with van der Waals surface area (Å²) in [4.78, 5) is 2.42. The van der Waals surface area contributed by atoms with Crippen molar-refractivity contribution >= 4 is 81.7 Å². The van der Waals surface area contributed by atoms with Crippen LogP contribution in [0.3, 0.4) is 0 Å². The molecule has 0 saturated carbocycles. The van der Waals surface area contributed by atoms with Crippen LogP contribution in [0.5, 0.6) is 0 Å². The number of para-hydroxylation sites is 1. The first kappa shape index (κ1) is 51.0. The van der Waals surface area contributed by atoms with Gasteiger partial charge >= 0.3 is 0 Å². The molecule has 0 N–H and O–H groups in total. The molecule has 0 unspecified atom stereocenters. The summed E-state index contributed by atoms with van der Waals surface area (Å²) in [5.74, 6) is 0. The summed E-state index contributed by atoms with van der Waals surface area (Å²) in [6, 6.07) is 95.6. The fraction of sp³-hybridized carbons (Fsp3) is 0.136. The number of rotatable bonds is 5. The molecule has 0 bridgehead atoms. The van der Waals surface area contributed by atoms with Gasteiger partial charge < -0.3 is 4.90 Å². The topological polar surface area (TPSA) is 3.24 Å². The third kappa shape index (κ3) is 6.65. The molecule has 0 amide bonds. The van der Waals surface area contributed by atoms with E-state index < -0.39 is 0 Å². The Morgan fingerprint density at radius 3 is 1.47 bits per heavy atom. The molecule has 4 aliphatic rings. The summed E-state index contributed by atoms with van der Waals surface area (Å²) in [5, 5.41) is 15.9. The molecular formula is C88H65N. The average molecular weight is 1140 g/mol. The van der Waals surface area contributed by atoms with E-state index in [4.69, 9.17) is 0 Å². The molecule has 15 aromatic carbocycles. The lowest BCUT2D eigenvalue weighted by Crippen LogP contribution is -2.17. The summed E-state index contributed by atoms with van der Waals surface area (Å²) in [6.07, 6.45) is 0. The van der Waals surface area contributed by atoms with Gasteiger partial charge in [-0.15, -0.1) is 0 Å². The maximum atomic E-state index is 2.62. The van der Waals surface area contributed by atoms with E-state index in [9.17, 15) is 0 Å². The first-order chi connectivity index (χ1) is 43.2. The summed E-state index contributed by atoms with van der Waals surface area (Å²) in [5.41, 5.74) is 29.9. The molecule has 89 heavy (non-hydrogen) atoms. The quantitative estimate of drug-likeness (QED) is 0.155. The van der Waals surface area contributed by atoms with Crippen LogP contribution in [0.25, 0.3) is 131 Å². The van der Waals surface area contributed by atoms with Crippen LogP contribution in [0.1, 0.15) is 99.9 Å². The first-order valence-corrected chi connectivity index (χ1v) is 32.0. The first-order valence-electron chi connectivity index (χ1n) is 32.0. The highest BCUT2D eigenvalue weighted by molar-refractivity contribution is 6.27. The van der Waals surface area contributed by atoms with Crippen LogP contribution in [0.2, 0.25) is 0 Å². The molecule has 1 nitrogen and oxygen atoms in total. The van der Waals surface area contributed by atoms with E-state index in [1.54, 1.807) is 0 Å². The summed E-state index contributed by atoms with van der Waals surface area (Å²) in [7, 11) is 0. The maximum Gasteiger partial charge on any atom is 0.0467 e. The van der Waals surface area contributed by atoms with Gasteiger partial charge in [0.1, 0.15) is 0 Å². The Hall–Kier alpha value is -10.1. The predicted molar refractivity (Wildman–Crippen MR) is 378 cm³/mol. The largest absolute Gasteiger partial charge is 0.310 e. The molecule has 0 heterocycles. The Bertz CT molecular complexity index is 5640. The van der Waals surface area contributed by atoms with E-state index in [-0.39, 0.29) is 21.7 Å². The van der Waals surface area contributed by atoms with E-state index in [1.165, 1.54) is 176 Å². The molecule has 0 aromatic heterocycles. The number of benzene rings is 15. The molecule has 0 atom stereocenters. The van der Waals surface area contributed by atoms with Gasteiger partial charge in [-0.3, -0.25) is 0 Å². The number of hydrogen-bond donors (Lipinski definition) is 0. The second-order valence-corrected chi connectivity index (χ2v) is 28.3. The summed E-state index contributed by atoms with van der Waals surface area (Å²) >= 11 is 0. The van der Waals surface area contributed by atoms with Crippen LogP contribution in [0.4, 0.5) is 17.1 Å². The van der Waals surface area contributed by atoms with Crippen LogP contribution in [-0.4, -0.2) is 0 Å². The number of nitrogens with zero attached hydrogens (tertiary/aromatic N) is 1. The van der Waals surface area contributed by atoms with Gasteiger partial charge in [0.05, 0.1) is 0 Å². The maximum absolute atomic E-state index is 2.62. The van der Waals surface area contributed by atoms with E-state index >= 15 is 0 Å². The Kier molecular flexibility index (Phi) is 9.96. The Balaban J connectivity index is 0.728. The van der Waals surface area contributed by atoms with Crippen LogP contribution in [-0.2, 0) is 21.7 Å². The molecule has 0 saturated heterocycles. The molecule has 0 aliphatic heterocycles. The van der Waals surface area contributed by atoms with E-state index in [1.807, 2.05) is 0 Å². The average Bonchev–Trinajstić information content (AvgIpc) is 1.57. The fourth-order valence-corrected chi connectivity index (χ4v) is 17.9. The third-order valence-electron chi connectivity index (χ3n) is 22.3. The van der Waals surface area contributed by atoms with Crippen molar-refractivity contribution in [2.45, 2.75) is 77.0 Å². The van der Waals surface area contributed by atoms with Crippen molar-refractivity contribution in [3.8, 4) is 66.8 Å². The molecule has 4 aliphatic carbocycles. The van der Waals surface area contributed by atoms with Crippen molar-refractivity contribution < 1.29 is 0 Å². The Morgan fingerprint density at radius 2 is 0.719 bits per heavy atom. The van der Waals surface area contributed by atoms with Crippen molar-refractivity contribution in [1.82, 2.24) is 0 Å². The van der Waals surface area contributed by atoms with Gasteiger partial charge in [-0.2, -0.15) is 0 Å². The van der Waals surface area contributed by atoms with Crippen molar-refractivity contribution in [1.29, 1.82) is 0 Å². The molecule has 15 aromatic rings. The third-order valence-corrected chi connectivity index (χ3v) is 22.3. The molecule has 19 rings (SSSR count). The van der Waals surface area contributed by atoms with Gasteiger partial charge in [-0.25, -0.2) is 0 Å². The van der Waals surface area contributed by atoms with E-state index in [0.717, 1.165) is 17.1 Å². The molecule has 0 spiro atoms. The smallest absolute Gasteiger partial charge is 0.0467 e. The normalized spacial score (nSPS) is 15.6. The Morgan fingerprint density at radius 1 is 0.225 bits per heavy atom. The van der Waals surface area contributed by atoms with Crippen molar-refractivity contribution in [2.75, 3.05) is 4.90 Å². The lowest BCUT2D eigenvalue weighted by Gasteiger charge is -2.26. The van der Waals surface area contributed by atoms with Crippen LogP contribution in [0, 0.1) is 0 Å². The highest BCUT2D eigenvalue weighted by atomic mass is 15.1. The van der Waals surface area contributed by atoms with Gasteiger partial charge in [0.15, 0.2) is 0 Å². The van der Waals surface area contributed by atoms with E-state index in [2.05, 4.69) is 309 Å². The van der Waals surface area contributed by atoms with E-state index in [0.29, 0.717) is 0 Å². The van der Waals surface area contributed by atoms with Crippen molar-refractivity contribution in [3.63, 3.8) is 0 Å². The number of fused-ring (bicyclic) bond motifs is 20. The van der Waals surface area contributed by atoms with Crippen LogP contribution < -0.4 is 4.90 Å². The zero-order valence-electron chi connectivity index (χ0n) is 51.6. The molecule has 1 heteroatoms. The molecule has 0 radical (unpaired) electrons. The van der Waals surface area contributed by atoms with Crippen LogP contribution in [0.15, 0.2) is 249 Å². The van der Waals surface area contributed by atoms with Gasteiger partial charge in [-0.1, -0.05) is 225 Å². The minimum absolute atomic E-state index is 0.0711. The van der Waals surface area contributed by atoms with Gasteiger partial charge in [-0.05, 0) is 255 Å². The Labute approximate surface area is 520 Å².